The van der Waals surface area contributed by atoms with E-state index in [1.165, 1.54) is 6.92 Å². The third-order valence-electron chi connectivity index (χ3n) is 0.469. The molecule has 0 radical (unpaired) electrons. The van der Waals surface area contributed by atoms with Gasteiger partial charge in [0.1, 0.15) is 0 Å². The van der Waals surface area contributed by atoms with Gasteiger partial charge in [-0.3, -0.25) is 4.55 Å². The molecule has 0 fully saturated rings. The lowest BCUT2D eigenvalue weighted by Crippen LogP contribution is -2.25. The van der Waals surface area contributed by atoms with Crippen LogP contribution in [0.5, 0.6) is 0 Å². The van der Waals surface area contributed by atoms with E-state index in [1.807, 2.05) is 4.72 Å². The SMILES string of the molecule is CCNS(=O)(=O)OS(=O)O. The van der Waals surface area contributed by atoms with Crippen molar-refractivity contribution in [2.24, 2.45) is 0 Å². The maximum atomic E-state index is 10.4. The molecule has 0 aliphatic rings. The van der Waals surface area contributed by atoms with Crippen molar-refractivity contribution in [3.05, 3.63) is 0 Å². The number of nitrogens with one attached hydrogen (secondary N) is 1. The van der Waals surface area contributed by atoms with Crippen LogP contribution in [0.4, 0.5) is 0 Å². The van der Waals surface area contributed by atoms with Gasteiger partial charge in [0.05, 0.1) is 0 Å². The van der Waals surface area contributed by atoms with Gasteiger partial charge in [-0.15, -0.1) is 3.63 Å². The topological polar surface area (TPSA) is 92.7 Å². The van der Waals surface area contributed by atoms with Gasteiger partial charge in [0, 0.05) is 6.54 Å². The summed E-state index contributed by atoms with van der Waals surface area (Å²) < 4.78 is 43.8. The second-order valence-electron chi connectivity index (χ2n) is 1.24. The Morgan fingerprint density at radius 2 is 2.20 bits per heavy atom. The van der Waals surface area contributed by atoms with Gasteiger partial charge < -0.3 is 0 Å². The summed E-state index contributed by atoms with van der Waals surface area (Å²) in [5, 5.41) is 0. The number of hydrogen-bond acceptors (Lipinski definition) is 4. The van der Waals surface area contributed by atoms with Crippen molar-refractivity contribution >= 4 is 21.7 Å². The molecule has 62 valence electrons. The summed E-state index contributed by atoms with van der Waals surface area (Å²) in [5.41, 5.74) is 0. The fourth-order valence-electron chi connectivity index (χ4n) is 0.277. The highest BCUT2D eigenvalue weighted by Crippen LogP contribution is 1.88. The molecule has 0 aliphatic heterocycles. The average molecular weight is 189 g/mol. The number of rotatable bonds is 4. The van der Waals surface area contributed by atoms with Gasteiger partial charge in [0.2, 0.25) is 0 Å². The van der Waals surface area contributed by atoms with Crippen molar-refractivity contribution < 1.29 is 20.8 Å². The summed E-state index contributed by atoms with van der Waals surface area (Å²) in [6.45, 7) is 1.63. The molecule has 10 heavy (non-hydrogen) atoms. The second kappa shape index (κ2) is 3.98. The largest absolute Gasteiger partial charge is 0.350 e. The molecular weight excluding hydrogens is 182 g/mol. The first kappa shape index (κ1) is 9.98. The molecular formula is C2H7NO5S2. The molecule has 6 nitrogen and oxygen atoms in total. The summed E-state index contributed by atoms with van der Waals surface area (Å²) >= 11 is -2.79. The molecule has 8 heteroatoms. The maximum absolute atomic E-state index is 10.4. The van der Waals surface area contributed by atoms with E-state index in [-0.39, 0.29) is 6.54 Å². The van der Waals surface area contributed by atoms with Gasteiger partial charge in [0.25, 0.3) is 0 Å². The zero-order valence-corrected chi connectivity index (χ0v) is 6.74. The van der Waals surface area contributed by atoms with Crippen LogP contribution in [-0.2, 0) is 25.3 Å². The second-order valence-corrected chi connectivity index (χ2v) is 3.41. The van der Waals surface area contributed by atoms with Crippen LogP contribution in [0.25, 0.3) is 0 Å². The maximum Gasteiger partial charge on any atom is 0.350 e. The number of hydrogen-bond donors (Lipinski definition) is 2. The lowest BCUT2D eigenvalue weighted by Gasteiger charge is -1.98. The Morgan fingerprint density at radius 3 is 2.50 bits per heavy atom. The molecule has 0 aromatic heterocycles. The molecule has 1 unspecified atom stereocenters. The van der Waals surface area contributed by atoms with Crippen molar-refractivity contribution in [3.63, 3.8) is 0 Å². The molecule has 0 amide bonds. The first-order chi connectivity index (χ1) is 4.48. The Kier molecular flexibility index (Phi) is 3.98. The van der Waals surface area contributed by atoms with Crippen molar-refractivity contribution in [2.75, 3.05) is 6.54 Å². The highest BCUT2D eigenvalue weighted by Gasteiger charge is 2.11. The highest BCUT2D eigenvalue weighted by molar-refractivity contribution is 7.93. The van der Waals surface area contributed by atoms with Crippen molar-refractivity contribution in [1.29, 1.82) is 0 Å². The minimum absolute atomic E-state index is 0.111. The lowest BCUT2D eigenvalue weighted by molar-refractivity contribution is 0.435. The highest BCUT2D eigenvalue weighted by atomic mass is 32.3. The van der Waals surface area contributed by atoms with E-state index in [9.17, 15) is 12.6 Å². The molecule has 2 N–H and O–H groups in total. The minimum Gasteiger partial charge on any atom is -0.283 e. The van der Waals surface area contributed by atoms with E-state index in [0.29, 0.717) is 0 Å². The smallest absolute Gasteiger partial charge is 0.283 e. The Labute approximate surface area is 61.3 Å². The van der Waals surface area contributed by atoms with Crippen LogP contribution in [-0.4, -0.2) is 23.7 Å². The van der Waals surface area contributed by atoms with Gasteiger partial charge >= 0.3 is 21.7 Å². The van der Waals surface area contributed by atoms with Crippen LogP contribution in [0.15, 0.2) is 0 Å². The molecule has 0 aliphatic carbocycles. The van der Waals surface area contributed by atoms with Gasteiger partial charge in [0.15, 0.2) is 0 Å². The first-order valence-corrected chi connectivity index (χ1v) is 4.72. The average Bonchev–Trinajstić information content (AvgIpc) is 1.59. The molecule has 0 bridgehead atoms. The third-order valence-corrected chi connectivity index (χ3v) is 2.29. The molecule has 0 saturated heterocycles. The predicted octanol–water partition coefficient (Wildman–Crippen LogP) is -1.01. The fraction of sp³-hybridized carbons (Fsp3) is 1.00. The fourth-order valence-corrected chi connectivity index (χ4v) is 1.44. The standard InChI is InChI=1S/C2H7NO5S2/c1-2-3-10(6,7)8-9(4)5/h3H,2H2,1H3,(H,4,5). The van der Waals surface area contributed by atoms with Gasteiger partial charge in [-0.2, -0.15) is 17.3 Å². The summed E-state index contributed by atoms with van der Waals surface area (Å²) in [5.74, 6) is 0. The summed E-state index contributed by atoms with van der Waals surface area (Å²) in [6.07, 6.45) is 0. The third kappa shape index (κ3) is 4.82. The van der Waals surface area contributed by atoms with Gasteiger partial charge in [-0.1, -0.05) is 6.92 Å². The van der Waals surface area contributed by atoms with E-state index in [4.69, 9.17) is 4.55 Å². The van der Waals surface area contributed by atoms with Crippen LogP contribution in [0.1, 0.15) is 6.92 Å². The molecule has 0 heterocycles. The van der Waals surface area contributed by atoms with E-state index < -0.39 is 21.7 Å². The van der Waals surface area contributed by atoms with E-state index in [0.717, 1.165) is 0 Å². The molecule has 0 rings (SSSR count). The van der Waals surface area contributed by atoms with Crippen LogP contribution >= 0.6 is 0 Å². The van der Waals surface area contributed by atoms with Crippen molar-refractivity contribution in [3.8, 4) is 0 Å². The van der Waals surface area contributed by atoms with Crippen LogP contribution in [0.3, 0.4) is 0 Å². The zero-order valence-electron chi connectivity index (χ0n) is 5.10. The quantitative estimate of drug-likeness (QED) is 0.553. The van der Waals surface area contributed by atoms with E-state index >= 15 is 0 Å². The molecule has 0 spiro atoms. The van der Waals surface area contributed by atoms with E-state index in [1.54, 1.807) is 0 Å². The zero-order chi connectivity index (χ0) is 8.20. The predicted molar refractivity (Wildman–Crippen MR) is 34.5 cm³/mol. The summed E-state index contributed by atoms with van der Waals surface area (Å²) in [4.78, 5) is 0. The minimum atomic E-state index is -4.03. The molecule has 0 saturated carbocycles. The lowest BCUT2D eigenvalue weighted by atomic mass is 10.8. The Hall–Kier alpha value is -0.0200. The van der Waals surface area contributed by atoms with Crippen LogP contribution < -0.4 is 4.72 Å². The van der Waals surface area contributed by atoms with Crippen LogP contribution in [0.2, 0.25) is 0 Å². The first-order valence-electron chi connectivity index (χ1n) is 2.28. The van der Waals surface area contributed by atoms with Gasteiger partial charge in [-0.25, -0.2) is 0 Å². The molecule has 0 aromatic rings. The molecule has 0 aromatic carbocycles. The van der Waals surface area contributed by atoms with E-state index in [2.05, 4.69) is 3.63 Å². The van der Waals surface area contributed by atoms with Crippen molar-refractivity contribution in [1.82, 2.24) is 4.72 Å². The Balaban J connectivity index is 4.02. The normalized spacial score (nSPS) is 15.0. The monoisotopic (exact) mass is 189 g/mol. The summed E-state index contributed by atoms with van der Waals surface area (Å²) in [6, 6.07) is 0. The molecule has 1 atom stereocenters. The Morgan fingerprint density at radius 1 is 1.70 bits per heavy atom. The van der Waals surface area contributed by atoms with Gasteiger partial charge in [-0.05, 0) is 0 Å². The van der Waals surface area contributed by atoms with Crippen molar-refractivity contribution in [2.45, 2.75) is 6.92 Å². The van der Waals surface area contributed by atoms with Crippen LogP contribution in [0, 0.1) is 0 Å². The Bertz CT molecular complexity index is 208. The summed E-state index contributed by atoms with van der Waals surface area (Å²) in [7, 11) is -4.03.